The predicted octanol–water partition coefficient (Wildman–Crippen LogP) is 5.02. The minimum absolute atomic E-state index is 0.689. The molecule has 1 fully saturated rings. The van der Waals surface area contributed by atoms with Gasteiger partial charge in [-0.3, -0.25) is 14.7 Å². The van der Waals surface area contributed by atoms with Crippen LogP contribution >= 0.6 is 40.4 Å². The Morgan fingerprint density at radius 3 is 1.12 bits per heavy atom. The summed E-state index contributed by atoms with van der Waals surface area (Å²) in [6, 6.07) is 2.25. The van der Waals surface area contributed by atoms with Crippen molar-refractivity contribution in [3.8, 4) is 0 Å². The summed E-state index contributed by atoms with van der Waals surface area (Å²) in [5.74, 6) is 0. The Bertz CT molecular complexity index is 329. The Morgan fingerprint density at radius 2 is 1.04 bits per heavy atom. The Labute approximate surface area is 183 Å². The van der Waals surface area contributed by atoms with Crippen molar-refractivity contribution in [2.24, 2.45) is 0 Å². The van der Waals surface area contributed by atoms with Gasteiger partial charge in [0.15, 0.2) is 4.86 Å². The Hall–Kier alpha value is 1.02. The van der Waals surface area contributed by atoms with Crippen LogP contribution in [-0.4, -0.2) is 92.3 Å². The maximum atomic E-state index is 11.4. The molecule has 26 heavy (non-hydrogen) atoms. The van der Waals surface area contributed by atoms with Gasteiger partial charge in [-0.1, -0.05) is 41.5 Å². The molecule has 1 rings (SSSR count). The monoisotopic (exact) mass is 523 g/mol. The van der Waals surface area contributed by atoms with Gasteiger partial charge in [-0.2, -0.15) is 18.5 Å². The molecule has 4 nitrogen and oxygen atoms in total. The summed E-state index contributed by atoms with van der Waals surface area (Å²) in [4.78, 5) is 7.25. The zero-order valence-corrected chi connectivity index (χ0v) is 21.7. The number of halogens is 2. The Morgan fingerprint density at radius 1 is 0.885 bits per heavy atom. The molecule has 0 aliphatic heterocycles. The van der Waals surface area contributed by atoms with Crippen molar-refractivity contribution in [3.05, 3.63) is 5.32 Å². The second kappa shape index (κ2) is 18.1. The molecule has 0 radical (unpaired) electrons. The van der Waals surface area contributed by atoms with Crippen LogP contribution in [0.1, 0.15) is 41.5 Å². The minimum Gasteiger partial charge on any atom is -0.668 e. The van der Waals surface area contributed by atoms with Gasteiger partial charge in [0.2, 0.25) is 0 Å². The summed E-state index contributed by atoms with van der Waals surface area (Å²) < 4.78 is 18.0. The van der Waals surface area contributed by atoms with Crippen LogP contribution in [0.4, 0.5) is 4.39 Å². The van der Waals surface area contributed by atoms with Crippen molar-refractivity contribution in [1.82, 2.24) is 14.7 Å². The van der Waals surface area contributed by atoms with E-state index in [2.05, 4.69) is 73.8 Å². The third kappa shape index (κ3) is 10.5. The molecule has 0 amide bonds. The fourth-order valence-corrected chi connectivity index (χ4v) is 3.50. The number of nitrogens with zero attached hydrogens (tertiary/aromatic N) is 4. The number of thiocarbonyl (C=S) groups is 1. The van der Waals surface area contributed by atoms with E-state index in [0.29, 0.717) is 0 Å². The second-order valence-corrected chi connectivity index (χ2v) is 8.59. The smallest absolute Gasteiger partial charge is 0.191 e. The van der Waals surface area contributed by atoms with Crippen molar-refractivity contribution in [2.75, 3.05) is 53.4 Å². The van der Waals surface area contributed by atoms with Crippen molar-refractivity contribution < 1.29 is 4.39 Å². The van der Waals surface area contributed by atoms with Gasteiger partial charge in [0.05, 0.1) is 1.28 Å². The van der Waals surface area contributed by atoms with Crippen LogP contribution in [0.5, 0.6) is 0 Å². The third-order valence-corrected chi connectivity index (χ3v) is 7.34. The molecule has 0 heterocycles. The summed E-state index contributed by atoms with van der Waals surface area (Å²) >= 11 is 5.63. The first kappa shape index (κ1) is 27.0. The second-order valence-electron chi connectivity index (χ2n) is 5.92. The van der Waals surface area contributed by atoms with Crippen LogP contribution in [0.3, 0.4) is 0 Å². The van der Waals surface area contributed by atoms with Gasteiger partial charge in [-0.15, -0.1) is 0 Å². The number of hydrogen-bond donors (Lipinski definition) is 0. The van der Waals surface area contributed by atoms with Gasteiger partial charge < -0.3 is 5.32 Å². The van der Waals surface area contributed by atoms with E-state index in [9.17, 15) is 4.39 Å². The zero-order valence-electron chi connectivity index (χ0n) is 18.9. The minimum atomic E-state index is -1.37. The van der Waals surface area contributed by atoms with Gasteiger partial charge in [-0.25, -0.2) is 0 Å². The molecule has 0 N–H and O–H groups in total. The third-order valence-electron chi connectivity index (χ3n) is 4.68. The van der Waals surface area contributed by atoms with E-state index in [1.165, 1.54) is 39.3 Å². The maximum Gasteiger partial charge on any atom is 0.191 e. The number of rotatable bonds is 10. The molecule has 1 unspecified atom stereocenters. The van der Waals surface area contributed by atoms with Crippen molar-refractivity contribution in [1.29, 1.82) is 1.28 Å². The molecule has 1 aliphatic rings. The average molecular weight is 523 g/mol. The molecule has 0 saturated heterocycles. The van der Waals surface area contributed by atoms with Crippen LogP contribution in [0.2, 0.25) is 0 Å². The molecule has 0 bridgehead atoms. The lowest BCUT2D eigenvalue weighted by Crippen LogP contribution is -2.34. The van der Waals surface area contributed by atoms with Crippen molar-refractivity contribution >= 4 is 45.3 Å². The summed E-state index contributed by atoms with van der Waals surface area (Å²) in [5.41, 5.74) is 0. The highest BCUT2D eigenvalue weighted by molar-refractivity contribution is 14.2. The van der Waals surface area contributed by atoms with Gasteiger partial charge in [0.25, 0.3) is 0 Å². The number of likely N-dealkylation sites (N-methyl/N-ethyl adjacent to an activating group) is 3. The highest BCUT2D eigenvalue weighted by Crippen LogP contribution is 2.38. The first-order chi connectivity index (χ1) is 12.7. The molecule has 0 aromatic carbocycles. The lowest BCUT2D eigenvalue weighted by Gasteiger charge is -2.22. The van der Waals surface area contributed by atoms with Crippen LogP contribution < -0.4 is 0 Å². The fourth-order valence-electron chi connectivity index (χ4n) is 3.50. The maximum absolute atomic E-state index is 11.4. The Kier molecular flexibility index (Phi) is 18.8. The topological polar surface area (TPSA) is 23.8 Å². The van der Waals surface area contributed by atoms with Gasteiger partial charge in [0.1, 0.15) is 0 Å². The van der Waals surface area contributed by atoms with Crippen molar-refractivity contribution in [2.45, 2.75) is 59.7 Å². The molecule has 0 aromatic heterocycles. The molecule has 0 aromatic rings. The fraction of sp³-hybridized carbons (Fsp3) is 0.944. The molecule has 1 atom stereocenters. The normalized spacial score (nSPS) is 23.0. The average Bonchev–Trinajstić information content (AvgIpc) is 3.34. The van der Waals surface area contributed by atoms with E-state index in [1.807, 2.05) is 0 Å². The largest absolute Gasteiger partial charge is 0.668 e. The van der Waals surface area contributed by atoms with Crippen LogP contribution in [0.25, 0.3) is 5.32 Å². The zero-order chi connectivity index (χ0) is 21.6. The van der Waals surface area contributed by atoms with E-state index in [0.717, 1.165) is 18.1 Å². The molecule has 1 saturated carbocycles. The molecule has 8 heteroatoms. The predicted molar refractivity (Wildman–Crippen MR) is 131 cm³/mol. The van der Waals surface area contributed by atoms with Crippen LogP contribution in [-0.2, 0) is 0 Å². The van der Waals surface area contributed by atoms with Crippen LogP contribution in [0, 0.1) is 0 Å². The van der Waals surface area contributed by atoms with E-state index in [-0.39, 0.29) is 0 Å². The quantitative estimate of drug-likeness (QED) is 0.174. The van der Waals surface area contributed by atoms with E-state index >= 15 is 0 Å². The van der Waals surface area contributed by atoms with Gasteiger partial charge in [-0.05, 0) is 73.5 Å². The Balaban J connectivity index is 0. The molecular weight excluding hydrogens is 481 g/mol. The molecule has 1 aliphatic carbocycles. The number of hydrogen-bond acceptors (Lipinski definition) is 4. The highest BCUT2D eigenvalue weighted by Gasteiger charge is 2.57. The summed E-state index contributed by atoms with van der Waals surface area (Å²) in [7, 11) is 3.50. The SMILES string of the molecule is CCN(CC)C1C(N(CC)CC)C1N(CC)CC.C[N-]C.[3H]P(I)C(F)=S. The van der Waals surface area contributed by atoms with Crippen molar-refractivity contribution in [3.63, 3.8) is 0 Å². The highest BCUT2D eigenvalue weighted by atomic mass is 127. The van der Waals surface area contributed by atoms with Crippen LogP contribution in [0.15, 0.2) is 0 Å². The van der Waals surface area contributed by atoms with E-state index in [4.69, 9.17) is 1.28 Å². The van der Waals surface area contributed by atoms with Gasteiger partial charge in [0, 0.05) is 24.3 Å². The summed E-state index contributed by atoms with van der Waals surface area (Å²) in [6.07, 6.45) is -1.37. The lowest BCUT2D eigenvalue weighted by atomic mass is 10.4. The molecule has 0 spiro atoms. The molecular formula is C18H40FIN4PS-. The van der Waals surface area contributed by atoms with E-state index in [1.54, 1.807) is 36.1 Å². The first-order valence-electron chi connectivity index (χ1n) is 10.0. The standard InChI is InChI=1S/C15H33N3.C2H6N.CHFIPS/c1-7-16(8-2)13-14(17(9-3)10-4)15(13)18(11-5)12-6;1-3-2;2-1(5)4-3/h13-15H,7-12H2,1-6H3;1-2H3;4H/q;-1;/i;;4T. The lowest BCUT2D eigenvalue weighted by molar-refractivity contribution is 0.222. The summed E-state index contributed by atoms with van der Waals surface area (Å²) in [5, 5.41) is 3.50. The van der Waals surface area contributed by atoms with E-state index < -0.39 is 11.0 Å². The molecule has 158 valence electrons. The van der Waals surface area contributed by atoms with Gasteiger partial charge >= 0.3 is 0 Å². The first-order valence-corrected chi connectivity index (χ1v) is 13.7. The summed E-state index contributed by atoms with van der Waals surface area (Å²) in [6.45, 7) is 20.8.